The van der Waals surface area contributed by atoms with E-state index in [0.717, 1.165) is 67.9 Å². The Kier molecular flexibility index (Phi) is 6.08. The Morgan fingerprint density at radius 2 is 1.94 bits per heavy atom. The third kappa shape index (κ3) is 4.35. The predicted octanol–water partition coefficient (Wildman–Crippen LogP) is 4.80. The van der Waals surface area contributed by atoms with Crippen LogP contribution in [0, 0.1) is 0 Å². The van der Waals surface area contributed by atoms with Crippen molar-refractivity contribution in [1.29, 1.82) is 0 Å². The van der Waals surface area contributed by atoms with E-state index in [1.807, 2.05) is 4.90 Å². The number of amides is 1. The van der Waals surface area contributed by atoms with E-state index in [1.165, 1.54) is 21.5 Å². The quantitative estimate of drug-likeness (QED) is 0.414. The Morgan fingerprint density at radius 3 is 2.75 bits per heavy atom. The lowest BCUT2D eigenvalue weighted by atomic mass is 10.1. The number of para-hydroxylation sites is 1. The van der Waals surface area contributed by atoms with Crippen LogP contribution in [-0.2, 0) is 17.6 Å². The number of carbonyl (C=O) groups excluding carboxylic acids is 1. The van der Waals surface area contributed by atoms with Crippen LogP contribution < -0.4 is 4.90 Å². The molecular formula is C25H29N5OS. The summed E-state index contributed by atoms with van der Waals surface area (Å²) in [6.07, 6.45) is 6.24. The molecule has 0 aliphatic carbocycles. The fourth-order valence-electron chi connectivity index (χ4n) is 4.50. The number of rotatable bonds is 7. The van der Waals surface area contributed by atoms with Gasteiger partial charge in [0.25, 0.3) is 0 Å². The van der Waals surface area contributed by atoms with Crippen molar-refractivity contribution in [2.24, 2.45) is 0 Å². The minimum absolute atomic E-state index is 0.276. The lowest BCUT2D eigenvalue weighted by Crippen LogP contribution is -2.49. The number of benzene rings is 1. The van der Waals surface area contributed by atoms with Gasteiger partial charge in [0.05, 0.1) is 5.39 Å². The first-order valence-electron chi connectivity index (χ1n) is 11.5. The van der Waals surface area contributed by atoms with Gasteiger partial charge in [-0.05, 0) is 49.3 Å². The summed E-state index contributed by atoms with van der Waals surface area (Å²) in [7, 11) is 0. The van der Waals surface area contributed by atoms with Crippen LogP contribution in [-0.4, -0.2) is 51.9 Å². The molecule has 4 heterocycles. The second kappa shape index (κ2) is 9.28. The van der Waals surface area contributed by atoms with Gasteiger partial charge in [-0.25, -0.2) is 9.97 Å². The van der Waals surface area contributed by atoms with E-state index in [9.17, 15) is 4.79 Å². The first kappa shape index (κ1) is 20.9. The standard InChI is InChI=1S/C25H29N5OS/c1-2-20-16-21-24(26-17-27-25(21)32-20)30-13-11-29(12-14-30)23(31)10-6-4-8-19-15-18-7-3-5-9-22(18)28-19/h3,5,7,9,15-17,28H,2,4,6,8,10-14H2,1H3. The molecule has 1 aliphatic heterocycles. The van der Waals surface area contributed by atoms with Crippen LogP contribution in [0.1, 0.15) is 36.8 Å². The second-order valence-electron chi connectivity index (χ2n) is 8.44. The average molecular weight is 448 g/mol. The lowest BCUT2D eigenvalue weighted by Gasteiger charge is -2.35. The maximum absolute atomic E-state index is 12.7. The fraction of sp³-hybridized carbons (Fsp3) is 0.400. The highest BCUT2D eigenvalue weighted by Gasteiger charge is 2.23. The highest BCUT2D eigenvalue weighted by atomic mass is 32.1. The number of anilines is 1. The number of aromatic amines is 1. The summed E-state index contributed by atoms with van der Waals surface area (Å²) in [6.45, 7) is 5.34. The van der Waals surface area contributed by atoms with Crippen LogP contribution in [0.3, 0.4) is 0 Å². The summed E-state index contributed by atoms with van der Waals surface area (Å²) in [5, 5.41) is 2.40. The molecule has 0 atom stereocenters. The van der Waals surface area contributed by atoms with Crippen molar-refractivity contribution in [3.8, 4) is 0 Å². The van der Waals surface area contributed by atoms with Crippen molar-refractivity contribution in [2.75, 3.05) is 31.1 Å². The van der Waals surface area contributed by atoms with E-state index < -0.39 is 0 Å². The van der Waals surface area contributed by atoms with Crippen molar-refractivity contribution >= 4 is 44.2 Å². The molecule has 32 heavy (non-hydrogen) atoms. The zero-order chi connectivity index (χ0) is 21.9. The Bertz CT molecular complexity index is 1190. The van der Waals surface area contributed by atoms with Gasteiger partial charge in [0.15, 0.2) is 0 Å². The monoisotopic (exact) mass is 447 g/mol. The van der Waals surface area contributed by atoms with Crippen LogP contribution >= 0.6 is 11.3 Å². The fourth-order valence-corrected chi connectivity index (χ4v) is 5.43. The summed E-state index contributed by atoms with van der Waals surface area (Å²) in [5.74, 6) is 1.29. The third-order valence-electron chi connectivity index (χ3n) is 6.31. The lowest BCUT2D eigenvalue weighted by molar-refractivity contribution is -0.131. The second-order valence-corrected chi connectivity index (χ2v) is 9.55. The largest absolute Gasteiger partial charge is 0.358 e. The molecule has 1 aromatic carbocycles. The molecule has 166 valence electrons. The molecule has 0 spiro atoms. The van der Waals surface area contributed by atoms with Crippen molar-refractivity contribution < 1.29 is 4.79 Å². The molecule has 0 unspecified atom stereocenters. The molecule has 4 aromatic rings. The Morgan fingerprint density at radius 1 is 1.09 bits per heavy atom. The van der Waals surface area contributed by atoms with Crippen LogP contribution in [0.4, 0.5) is 5.82 Å². The number of aromatic nitrogens is 3. The number of piperazine rings is 1. The summed E-state index contributed by atoms with van der Waals surface area (Å²) in [4.78, 5) is 31.9. The SMILES string of the molecule is CCc1cc2c(N3CCN(C(=O)CCCCc4cc5ccccc5[nH]4)CC3)ncnc2s1. The van der Waals surface area contributed by atoms with Gasteiger partial charge < -0.3 is 14.8 Å². The number of H-pyrrole nitrogens is 1. The predicted molar refractivity (Wildman–Crippen MR) is 131 cm³/mol. The maximum atomic E-state index is 12.7. The zero-order valence-corrected chi connectivity index (χ0v) is 19.3. The molecule has 1 saturated heterocycles. The topological polar surface area (TPSA) is 65.1 Å². The molecule has 1 N–H and O–H groups in total. The minimum Gasteiger partial charge on any atom is -0.358 e. The molecule has 6 nitrogen and oxygen atoms in total. The number of thiophene rings is 1. The Hall–Kier alpha value is -2.93. The maximum Gasteiger partial charge on any atom is 0.222 e. The Balaban J connectivity index is 1.10. The van der Waals surface area contributed by atoms with E-state index >= 15 is 0 Å². The molecular weight excluding hydrogens is 418 g/mol. The van der Waals surface area contributed by atoms with Gasteiger partial charge in [-0.3, -0.25) is 4.79 Å². The van der Waals surface area contributed by atoms with E-state index in [0.29, 0.717) is 6.42 Å². The third-order valence-corrected chi connectivity index (χ3v) is 7.50. The molecule has 5 rings (SSSR count). The first-order valence-corrected chi connectivity index (χ1v) is 12.4. The van der Waals surface area contributed by atoms with Crippen molar-refractivity contribution in [3.05, 3.63) is 53.3 Å². The number of carbonyl (C=O) groups is 1. The van der Waals surface area contributed by atoms with Gasteiger partial charge in [0.1, 0.15) is 17.0 Å². The van der Waals surface area contributed by atoms with Crippen LogP contribution in [0.15, 0.2) is 42.7 Å². The van der Waals surface area contributed by atoms with Crippen molar-refractivity contribution in [2.45, 2.75) is 39.0 Å². The number of hydrogen-bond donors (Lipinski definition) is 1. The first-order chi connectivity index (χ1) is 15.7. The van der Waals surface area contributed by atoms with Crippen molar-refractivity contribution in [1.82, 2.24) is 19.9 Å². The van der Waals surface area contributed by atoms with Gasteiger partial charge in [0.2, 0.25) is 5.91 Å². The Labute approximate surface area is 192 Å². The van der Waals surface area contributed by atoms with E-state index in [-0.39, 0.29) is 5.91 Å². The van der Waals surface area contributed by atoms with Gasteiger partial charge in [-0.15, -0.1) is 11.3 Å². The van der Waals surface area contributed by atoms with Crippen LogP contribution in [0.25, 0.3) is 21.1 Å². The number of hydrogen-bond acceptors (Lipinski definition) is 5. The molecule has 1 aliphatic rings. The summed E-state index contributed by atoms with van der Waals surface area (Å²) < 4.78 is 0. The zero-order valence-electron chi connectivity index (χ0n) is 18.5. The molecule has 0 radical (unpaired) electrons. The van der Waals surface area contributed by atoms with Gasteiger partial charge in [-0.1, -0.05) is 25.1 Å². The number of nitrogens with zero attached hydrogens (tertiary/aromatic N) is 4. The minimum atomic E-state index is 0.276. The van der Waals surface area contributed by atoms with E-state index in [1.54, 1.807) is 17.7 Å². The van der Waals surface area contributed by atoms with Gasteiger partial charge in [-0.2, -0.15) is 0 Å². The van der Waals surface area contributed by atoms with E-state index in [4.69, 9.17) is 0 Å². The smallest absolute Gasteiger partial charge is 0.222 e. The molecule has 3 aromatic heterocycles. The number of nitrogens with one attached hydrogen (secondary N) is 1. The summed E-state index contributed by atoms with van der Waals surface area (Å²) in [5.41, 5.74) is 2.44. The molecule has 1 amide bonds. The number of unbranched alkanes of at least 4 members (excludes halogenated alkanes) is 1. The average Bonchev–Trinajstić information content (AvgIpc) is 3.45. The van der Waals surface area contributed by atoms with Crippen molar-refractivity contribution in [3.63, 3.8) is 0 Å². The highest BCUT2D eigenvalue weighted by Crippen LogP contribution is 2.31. The van der Waals surface area contributed by atoms with Gasteiger partial charge >= 0.3 is 0 Å². The molecule has 0 saturated carbocycles. The van der Waals surface area contributed by atoms with Gasteiger partial charge in [0, 0.05) is 48.7 Å². The van der Waals surface area contributed by atoms with E-state index in [2.05, 4.69) is 63.2 Å². The summed E-state index contributed by atoms with van der Waals surface area (Å²) >= 11 is 1.75. The van der Waals surface area contributed by atoms with Crippen LogP contribution in [0.5, 0.6) is 0 Å². The van der Waals surface area contributed by atoms with Crippen LogP contribution in [0.2, 0.25) is 0 Å². The summed E-state index contributed by atoms with van der Waals surface area (Å²) in [6, 6.07) is 12.8. The number of fused-ring (bicyclic) bond motifs is 2. The normalized spacial score (nSPS) is 14.5. The molecule has 1 fully saturated rings. The highest BCUT2D eigenvalue weighted by molar-refractivity contribution is 7.18. The molecule has 0 bridgehead atoms. The molecule has 7 heteroatoms. The number of aryl methyl sites for hydroxylation is 2.